The quantitative estimate of drug-likeness (QED) is 0.137. The molecule has 0 N–H and O–H groups in total. The maximum atomic E-state index is 5.33. The van der Waals surface area contributed by atoms with Crippen molar-refractivity contribution in [2.45, 2.75) is 0 Å². The minimum absolute atomic E-state index is 0.693. The highest BCUT2D eigenvalue weighted by molar-refractivity contribution is 6.11. The van der Waals surface area contributed by atoms with Gasteiger partial charge in [0.05, 0.1) is 27.9 Å². The van der Waals surface area contributed by atoms with Gasteiger partial charge in [-0.15, -0.1) is 0 Å². The van der Waals surface area contributed by atoms with Crippen molar-refractivity contribution in [1.29, 1.82) is 0 Å². The molecule has 71 heavy (non-hydrogen) atoms. The van der Waals surface area contributed by atoms with Crippen molar-refractivity contribution < 1.29 is 0 Å². The van der Waals surface area contributed by atoms with Crippen LogP contribution in [0.1, 0.15) is 0 Å². The van der Waals surface area contributed by atoms with Gasteiger partial charge < -0.3 is 14.4 Å². The number of hydrogen-bond acceptors (Lipinski definition) is 4. The Hall–Kier alpha value is -9.58. The van der Waals surface area contributed by atoms with E-state index < -0.39 is 0 Å². The van der Waals surface area contributed by atoms with Crippen molar-refractivity contribution in [3.05, 3.63) is 273 Å². The molecule has 0 fully saturated rings. The number of aromatic nitrogens is 3. The Balaban J connectivity index is 0.924. The maximum absolute atomic E-state index is 5.33. The summed E-state index contributed by atoms with van der Waals surface area (Å²) in [7, 11) is 0. The Kier molecular flexibility index (Phi) is 10.4. The second-order valence-corrected chi connectivity index (χ2v) is 17.8. The second-order valence-electron chi connectivity index (χ2n) is 17.8. The molecule has 11 aromatic carbocycles. The fourth-order valence-electron chi connectivity index (χ4n) is 10.2. The van der Waals surface area contributed by atoms with Crippen LogP contribution >= 0.6 is 0 Å². The molecule has 0 aliphatic heterocycles. The number of benzene rings is 11. The van der Waals surface area contributed by atoms with E-state index in [1.165, 1.54) is 21.9 Å². The van der Waals surface area contributed by atoms with Crippen molar-refractivity contribution in [3.8, 4) is 39.5 Å². The van der Waals surface area contributed by atoms with E-state index >= 15 is 0 Å². The number of fused-ring (bicyclic) bond motifs is 5. The largest absolute Gasteiger partial charge is 0.311 e. The monoisotopic (exact) mass is 907 g/mol. The van der Waals surface area contributed by atoms with Crippen LogP contribution in [-0.4, -0.2) is 14.5 Å². The molecule has 0 saturated carbocycles. The number of nitrogens with zero attached hydrogens (tertiary/aromatic N) is 5. The average molecular weight is 908 g/mol. The minimum atomic E-state index is 0.693. The smallest absolute Gasteiger partial charge is 0.160 e. The summed E-state index contributed by atoms with van der Waals surface area (Å²) in [4.78, 5) is 15.2. The first-order valence-corrected chi connectivity index (χ1v) is 24.1. The highest BCUT2D eigenvalue weighted by Crippen LogP contribution is 2.43. The lowest BCUT2D eigenvalue weighted by atomic mass is 10.0. The third-order valence-electron chi connectivity index (χ3n) is 13.5. The van der Waals surface area contributed by atoms with Crippen molar-refractivity contribution >= 4 is 77.6 Å². The van der Waals surface area contributed by atoms with Crippen LogP contribution in [0.4, 0.5) is 34.1 Å². The van der Waals surface area contributed by atoms with Crippen LogP contribution in [0.25, 0.3) is 82.9 Å². The Bertz CT molecular complexity index is 3990. The predicted molar refractivity (Wildman–Crippen MR) is 297 cm³/mol. The summed E-state index contributed by atoms with van der Waals surface area (Å²) in [5.74, 6) is 0.693. The normalized spacial score (nSPS) is 11.4. The molecule has 0 atom stereocenters. The van der Waals surface area contributed by atoms with Gasteiger partial charge >= 0.3 is 0 Å². The lowest BCUT2D eigenvalue weighted by Crippen LogP contribution is -2.12. The zero-order valence-corrected chi connectivity index (χ0v) is 38.7. The van der Waals surface area contributed by atoms with Gasteiger partial charge in [-0.1, -0.05) is 170 Å². The number of para-hydroxylation sites is 4. The lowest BCUT2D eigenvalue weighted by molar-refractivity contribution is 1.17. The Morgan fingerprint density at radius 2 is 0.817 bits per heavy atom. The number of rotatable bonds is 10. The van der Waals surface area contributed by atoms with Gasteiger partial charge in [-0.2, -0.15) is 0 Å². The fourth-order valence-corrected chi connectivity index (χ4v) is 10.2. The van der Waals surface area contributed by atoms with Crippen LogP contribution in [0.15, 0.2) is 273 Å². The molecule has 5 nitrogen and oxygen atoms in total. The van der Waals surface area contributed by atoms with Crippen molar-refractivity contribution in [1.82, 2.24) is 14.5 Å². The van der Waals surface area contributed by atoms with Gasteiger partial charge in [-0.25, -0.2) is 9.97 Å². The molecule has 13 aromatic rings. The third-order valence-corrected chi connectivity index (χ3v) is 13.5. The molecule has 5 heteroatoms. The molecule has 334 valence electrons. The van der Waals surface area contributed by atoms with Crippen LogP contribution in [0.5, 0.6) is 0 Å². The summed E-state index contributed by atoms with van der Waals surface area (Å²) in [6, 6.07) is 97.1. The van der Waals surface area contributed by atoms with Crippen LogP contribution in [0.3, 0.4) is 0 Å². The van der Waals surface area contributed by atoms with Crippen LogP contribution < -0.4 is 9.80 Å². The first-order valence-electron chi connectivity index (χ1n) is 24.1. The van der Waals surface area contributed by atoms with Gasteiger partial charge in [0.25, 0.3) is 0 Å². The molecule has 2 aromatic heterocycles. The van der Waals surface area contributed by atoms with Crippen LogP contribution in [0, 0.1) is 0 Å². The standard InChI is InChI=1S/C66H45N5/c1-4-18-46(19-5-1)47-34-36-49(37-35-47)65-59-30-12-14-31-61(59)67-66(68-65)50-38-43-64-60(44-50)58-29-13-15-32-63(58)71(64)56-27-17-26-55(45-56)70(62-33-16-21-48-20-10-11-28-57(48)62)54-41-39-53(40-42-54)69(51-22-6-2-7-23-51)52-24-8-3-9-25-52/h1-45H. The molecule has 0 radical (unpaired) electrons. The Morgan fingerprint density at radius 3 is 1.56 bits per heavy atom. The predicted octanol–water partition coefficient (Wildman–Crippen LogP) is 17.8. The van der Waals surface area contributed by atoms with E-state index in [4.69, 9.17) is 9.97 Å². The van der Waals surface area contributed by atoms with Crippen LogP contribution in [-0.2, 0) is 0 Å². The van der Waals surface area contributed by atoms with E-state index in [1.807, 2.05) is 6.07 Å². The molecule has 0 saturated heterocycles. The van der Waals surface area contributed by atoms with E-state index in [9.17, 15) is 0 Å². The molecular weight excluding hydrogens is 863 g/mol. The van der Waals surface area contributed by atoms with E-state index in [2.05, 4.69) is 281 Å². The highest BCUT2D eigenvalue weighted by atomic mass is 15.2. The van der Waals surface area contributed by atoms with E-state index in [0.29, 0.717) is 5.82 Å². The molecule has 13 rings (SSSR count). The van der Waals surface area contributed by atoms with E-state index in [1.54, 1.807) is 0 Å². The lowest BCUT2D eigenvalue weighted by Gasteiger charge is -2.29. The fraction of sp³-hybridized carbons (Fsp3) is 0. The zero-order chi connectivity index (χ0) is 47.1. The molecule has 2 heterocycles. The summed E-state index contributed by atoms with van der Waals surface area (Å²) < 4.78 is 2.39. The van der Waals surface area contributed by atoms with Gasteiger partial charge in [-0.3, -0.25) is 0 Å². The Morgan fingerprint density at radius 1 is 0.296 bits per heavy atom. The highest BCUT2D eigenvalue weighted by Gasteiger charge is 2.21. The average Bonchev–Trinajstić information content (AvgIpc) is 3.78. The van der Waals surface area contributed by atoms with Crippen molar-refractivity contribution in [2.24, 2.45) is 0 Å². The SMILES string of the molecule is c1ccc(-c2ccc(-c3nc(-c4ccc5c(c4)c4ccccc4n5-c4cccc(N(c5ccc(N(c6ccccc6)c6ccccc6)cc5)c5cccc6ccccc56)c4)nc4ccccc34)cc2)cc1. The minimum Gasteiger partial charge on any atom is -0.311 e. The first kappa shape index (κ1) is 41.6. The van der Waals surface area contributed by atoms with Gasteiger partial charge in [0.15, 0.2) is 5.82 Å². The van der Waals surface area contributed by atoms with Gasteiger partial charge in [-0.05, 0) is 120 Å². The van der Waals surface area contributed by atoms with Crippen molar-refractivity contribution in [2.75, 3.05) is 9.80 Å². The summed E-state index contributed by atoms with van der Waals surface area (Å²) in [5.41, 5.74) is 16.0. The van der Waals surface area contributed by atoms with E-state index in [0.717, 1.165) is 89.3 Å². The molecule has 0 aliphatic rings. The second kappa shape index (κ2) is 17.8. The van der Waals surface area contributed by atoms with Gasteiger partial charge in [0.2, 0.25) is 0 Å². The molecule has 0 spiro atoms. The number of hydrogen-bond donors (Lipinski definition) is 0. The molecule has 0 amide bonds. The van der Waals surface area contributed by atoms with Crippen molar-refractivity contribution in [3.63, 3.8) is 0 Å². The molecular formula is C66H45N5. The Labute approximate surface area is 412 Å². The zero-order valence-electron chi connectivity index (χ0n) is 38.7. The van der Waals surface area contributed by atoms with Gasteiger partial charge in [0, 0.05) is 66.8 Å². The molecule has 0 unspecified atom stereocenters. The molecule has 0 aliphatic carbocycles. The summed E-state index contributed by atoms with van der Waals surface area (Å²) in [5, 5.41) is 5.68. The van der Waals surface area contributed by atoms with Gasteiger partial charge in [0.1, 0.15) is 0 Å². The maximum Gasteiger partial charge on any atom is 0.160 e. The summed E-state index contributed by atoms with van der Waals surface area (Å²) >= 11 is 0. The molecule has 0 bridgehead atoms. The first-order chi connectivity index (χ1) is 35.2. The number of anilines is 6. The summed E-state index contributed by atoms with van der Waals surface area (Å²) in [6.07, 6.45) is 0. The summed E-state index contributed by atoms with van der Waals surface area (Å²) in [6.45, 7) is 0. The van der Waals surface area contributed by atoms with Crippen LogP contribution in [0.2, 0.25) is 0 Å². The third kappa shape index (κ3) is 7.63. The topological polar surface area (TPSA) is 37.2 Å². The van der Waals surface area contributed by atoms with E-state index in [-0.39, 0.29) is 0 Å².